The average molecular weight is 335 g/mol. The highest BCUT2D eigenvalue weighted by Gasteiger charge is 2.30. The number of benzene rings is 2. The first-order valence-corrected chi connectivity index (χ1v) is 8.14. The maximum absolute atomic E-state index is 12.8. The van der Waals surface area contributed by atoms with E-state index in [1.165, 1.54) is 17.7 Å². The van der Waals surface area contributed by atoms with Crippen LogP contribution >= 0.6 is 0 Å². The summed E-state index contributed by atoms with van der Waals surface area (Å²) in [6.45, 7) is 6.84. The van der Waals surface area contributed by atoms with Gasteiger partial charge in [0.25, 0.3) is 0 Å². The van der Waals surface area contributed by atoms with Crippen LogP contribution in [0.25, 0.3) is 0 Å². The van der Waals surface area contributed by atoms with Crippen LogP contribution in [0.4, 0.5) is 13.2 Å². The lowest BCUT2D eigenvalue weighted by Gasteiger charge is -2.26. The van der Waals surface area contributed by atoms with E-state index in [2.05, 4.69) is 49.9 Å². The average Bonchev–Trinajstić information content (AvgIpc) is 2.53. The van der Waals surface area contributed by atoms with Gasteiger partial charge in [0.1, 0.15) is 0 Å². The molecule has 0 aliphatic carbocycles. The van der Waals surface area contributed by atoms with Gasteiger partial charge < -0.3 is 0 Å². The molecule has 0 amide bonds. The standard InChI is InChI=1S/C20H24F3N/c1-14(2)17-8-10-18(11-9-17)15(3)24(4)13-16-6-5-7-19(12-16)20(21,22)23/h5-12,14-15H,13H2,1-4H3. The molecular formula is C20H24F3N. The number of hydrogen-bond acceptors (Lipinski definition) is 1. The van der Waals surface area contributed by atoms with Gasteiger partial charge in [-0.2, -0.15) is 13.2 Å². The van der Waals surface area contributed by atoms with E-state index in [1.54, 1.807) is 6.07 Å². The van der Waals surface area contributed by atoms with Crippen molar-refractivity contribution in [2.75, 3.05) is 7.05 Å². The topological polar surface area (TPSA) is 3.24 Å². The molecule has 1 atom stereocenters. The zero-order valence-electron chi connectivity index (χ0n) is 14.6. The van der Waals surface area contributed by atoms with E-state index in [0.29, 0.717) is 18.0 Å². The lowest BCUT2D eigenvalue weighted by Crippen LogP contribution is -2.22. The van der Waals surface area contributed by atoms with Crippen molar-refractivity contribution in [3.63, 3.8) is 0 Å². The van der Waals surface area contributed by atoms with Crippen molar-refractivity contribution in [1.82, 2.24) is 4.90 Å². The fourth-order valence-corrected chi connectivity index (χ4v) is 2.68. The maximum Gasteiger partial charge on any atom is 0.416 e. The Bertz CT molecular complexity index is 659. The van der Waals surface area contributed by atoms with Gasteiger partial charge in [-0.3, -0.25) is 4.90 Å². The smallest absolute Gasteiger partial charge is 0.295 e. The molecule has 1 nitrogen and oxygen atoms in total. The minimum Gasteiger partial charge on any atom is -0.295 e. The molecular weight excluding hydrogens is 311 g/mol. The molecule has 2 aromatic carbocycles. The monoisotopic (exact) mass is 335 g/mol. The normalized spacial score (nSPS) is 13.5. The molecule has 2 rings (SSSR count). The van der Waals surface area contributed by atoms with Crippen molar-refractivity contribution in [1.29, 1.82) is 0 Å². The molecule has 0 N–H and O–H groups in total. The zero-order chi connectivity index (χ0) is 17.9. The molecule has 1 unspecified atom stereocenters. The van der Waals surface area contributed by atoms with E-state index in [0.717, 1.165) is 11.6 Å². The Balaban J connectivity index is 2.10. The van der Waals surface area contributed by atoms with Crippen molar-refractivity contribution in [3.8, 4) is 0 Å². The largest absolute Gasteiger partial charge is 0.416 e. The number of nitrogens with zero attached hydrogens (tertiary/aromatic N) is 1. The van der Waals surface area contributed by atoms with Gasteiger partial charge in [-0.05, 0) is 42.6 Å². The number of halogens is 3. The summed E-state index contributed by atoms with van der Waals surface area (Å²) in [5.74, 6) is 0.484. The molecule has 0 spiro atoms. The van der Waals surface area contributed by atoms with E-state index in [1.807, 2.05) is 7.05 Å². The van der Waals surface area contributed by atoms with Crippen molar-refractivity contribution in [3.05, 3.63) is 70.8 Å². The molecule has 0 heterocycles. The molecule has 0 aromatic heterocycles. The summed E-state index contributed by atoms with van der Waals surface area (Å²) in [7, 11) is 1.93. The molecule has 0 aliphatic heterocycles. The Morgan fingerprint density at radius 3 is 2.04 bits per heavy atom. The van der Waals surface area contributed by atoms with Crippen LogP contribution < -0.4 is 0 Å². The Morgan fingerprint density at radius 1 is 0.917 bits per heavy atom. The summed E-state index contributed by atoms with van der Waals surface area (Å²) in [6, 6.07) is 14.1. The van der Waals surface area contributed by atoms with Crippen LogP contribution in [-0.2, 0) is 12.7 Å². The first kappa shape index (κ1) is 18.5. The zero-order valence-corrected chi connectivity index (χ0v) is 14.6. The van der Waals surface area contributed by atoms with Gasteiger partial charge in [0.15, 0.2) is 0 Å². The Labute approximate surface area is 142 Å². The fraction of sp³-hybridized carbons (Fsp3) is 0.400. The molecule has 2 aromatic rings. The summed E-state index contributed by atoms with van der Waals surface area (Å²) < 4.78 is 38.5. The van der Waals surface area contributed by atoms with E-state index < -0.39 is 11.7 Å². The molecule has 24 heavy (non-hydrogen) atoms. The van der Waals surface area contributed by atoms with E-state index in [-0.39, 0.29) is 6.04 Å². The lowest BCUT2D eigenvalue weighted by molar-refractivity contribution is -0.137. The van der Waals surface area contributed by atoms with Crippen LogP contribution in [0.1, 0.15) is 55.0 Å². The summed E-state index contributed by atoms with van der Waals surface area (Å²) >= 11 is 0. The Kier molecular flexibility index (Phi) is 5.70. The number of rotatable bonds is 5. The van der Waals surface area contributed by atoms with Crippen molar-refractivity contribution in [2.45, 2.75) is 45.5 Å². The Morgan fingerprint density at radius 2 is 1.50 bits per heavy atom. The molecule has 0 fully saturated rings. The number of alkyl halides is 3. The van der Waals surface area contributed by atoms with Crippen LogP contribution in [0.15, 0.2) is 48.5 Å². The van der Waals surface area contributed by atoms with Crippen LogP contribution in [0.5, 0.6) is 0 Å². The third-order valence-electron chi connectivity index (χ3n) is 4.43. The van der Waals surface area contributed by atoms with Crippen LogP contribution in [0, 0.1) is 0 Å². The second-order valence-corrected chi connectivity index (χ2v) is 6.61. The summed E-state index contributed by atoms with van der Waals surface area (Å²) in [6.07, 6.45) is -4.30. The van der Waals surface area contributed by atoms with Gasteiger partial charge in [0.2, 0.25) is 0 Å². The summed E-state index contributed by atoms with van der Waals surface area (Å²) in [5.41, 5.74) is 2.51. The van der Waals surface area contributed by atoms with Crippen LogP contribution in [0.3, 0.4) is 0 Å². The second-order valence-electron chi connectivity index (χ2n) is 6.61. The molecule has 0 radical (unpaired) electrons. The second kappa shape index (κ2) is 7.39. The molecule has 0 saturated carbocycles. The van der Waals surface area contributed by atoms with Gasteiger partial charge in [-0.25, -0.2) is 0 Å². The molecule has 130 valence electrons. The predicted octanol–water partition coefficient (Wildman–Crippen LogP) is 6.02. The minimum absolute atomic E-state index is 0.126. The summed E-state index contributed by atoms with van der Waals surface area (Å²) in [5, 5.41) is 0. The van der Waals surface area contributed by atoms with Crippen LogP contribution in [0.2, 0.25) is 0 Å². The van der Waals surface area contributed by atoms with Gasteiger partial charge in [-0.1, -0.05) is 56.3 Å². The van der Waals surface area contributed by atoms with Gasteiger partial charge in [0, 0.05) is 12.6 Å². The first-order chi connectivity index (χ1) is 11.2. The van der Waals surface area contributed by atoms with E-state index >= 15 is 0 Å². The van der Waals surface area contributed by atoms with Gasteiger partial charge in [0.05, 0.1) is 5.56 Å². The first-order valence-electron chi connectivity index (χ1n) is 8.14. The lowest BCUT2D eigenvalue weighted by atomic mass is 9.99. The molecule has 0 bridgehead atoms. The fourth-order valence-electron chi connectivity index (χ4n) is 2.68. The Hall–Kier alpha value is -1.81. The SMILES string of the molecule is CC(C)c1ccc(C(C)N(C)Cc2cccc(C(F)(F)F)c2)cc1. The number of hydrogen-bond donors (Lipinski definition) is 0. The van der Waals surface area contributed by atoms with Gasteiger partial charge in [-0.15, -0.1) is 0 Å². The van der Waals surface area contributed by atoms with Crippen LogP contribution in [-0.4, -0.2) is 11.9 Å². The quantitative estimate of drug-likeness (QED) is 0.645. The predicted molar refractivity (Wildman–Crippen MR) is 91.9 cm³/mol. The maximum atomic E-state index is 12.8. The van der Waals surface area contributed by atoms with Crippen molar-refractivity contribution < 1.29 is 13.2 Å². The highest BCUT2D eigenvalue weighted by atomic mass is 19.4. The van der Waals surface area contributed by atoms with Gasteiger partial charge >= 0.3 is 6.18 Å². The molecule has 4 heteroatoms. The molecule has 0 saturated heterocycles. The third-order valence-corrected chi connectivity index (χ3v) is 4.43. The van der Waals surface area contributed by atoms with E-state index in [9.17, 15) is 13.2 Å². The third kappa shape index (κ3) is 4.60. The van der Waals surface area contributed by atoms with Crippen molar-refractivity contribution in [2.24, 2.45) is 0 Å². The van der Waals surface area contributed by atoms with E-state index in [4.69, 9.17) is 0 Å². The highest BCUT2D eigenvalue weighted by molar-refractivity contribution is 5.28. The summed E-state index contributed by atoms with van der Waals surface area (Å²) in [4.78, 5) is 2.06. The minimum atomic E-state index is -4.30. The van der Waals surface area contributed by atoms with Crippen molar-refractivity contribution >= 4 is 0 Å². The molecule has 0 aliphatic rings. The highest BCUT2D eigenvalue weighted by Crippen LogP contribution is 2.30.